The van der Waals surface area contributed by atoms with Crippen LogP contribution in [-0.4, -0.2) is 24.3 Å². The largest absolute Gasteiger partial charge is 0.457 e. The molecule has 1 aromatic carbocycles. The van der Waals surface area contributed by atoms with Gasteiger partial charge in [0, 0.05) is 15.7 Å². The van der Waals surface area contributed by atoms with Crippen LogP contribution >= 0.6 is 11.8 Å². The molecule has 1 N–H and O–H groups in total. The minimum atomic E-state index is -0.175. The van der Waals surface area contributed by atoms with Crippen LogP contribution in [0.15, 0.2) is 17.0 Å². The Balaban J connectivity index is 1.83. The first kappa shape index (κ1) is 12.1. The molecule has 18 heavy (non-hydrogen) atoms. The Hall–Kier alpha value is -1.00. The Labute approximate surface area is 111 Å². The third kappa shape index (κ3) is 2.15. The zero-order valence-electron chi connectivity index (χ0n) is 10.5. The molecule has 0 unspecified atom stereocenters. The molecular weight excluding hydrogens is 246 g/mol. The van der Waals surface area contributed by atoms with Gasteiger partial charge in [-0.05, 0) is 50.6 Å². The van der Waals surface area contributed by atoms with Crippen molar-refractivity contribution in [3.63, 3.8) is 0 Å². The molecule has 1 saturated heterocycles. The van der Waals surface area contributed by atoms with Crippen molar-refractivity contribution in [1.29, 1.82) is 0 Å². The highest BCUT2D eigenvalue weighted by Gasteiger charge is 2.25. The second-order valence-electron chi connectivity index (χ2n) is 4.86. The number of benzene rings is 1. The molecule has 96 valence electrons. The highest BCUT2D eigenvalue weighted by molar-refractivity contribution is 8.00. The average molecular weight is 263 g/mol. The van der Waals surface area contributed by atoms with Gasteiger partial charge in [-0.1, -0.05) is 0 Å². The average Bonchev–Trinajstić information content (AvgIpc) is 2.77. The summed E-state index contributed by atoms with van der Waals surface area (Å²) in [6.07, 6.45) is 2.44. The molecule has 0 spiro atoms. The highest BCUT2D eigenvalue weighted by Crippen LogP contribution is 2.35. The molecule has 0 atom stereocenters. The topological polar surface area (TPSA) is 38.3 Å². The number of piperidine rings is 1. The highest BCUT2D eigenvalue weighted by atomic mass is 32.2. The summed E-state index contributed by atoms with van der Waals surface area (Å²) in [6, 6.07) is 3.99. The second-order valence-corrected chi connectivity index (χ2v) is 6.20. The smallest absolute Gasteiger partial charge is 0.338 e. The van der Waals surface area contributed by atoms with Gasteiger partial charge in [-0.15, -0.1) is 11.8 Å². The van der Waals surface area contributed by atoms with E-state index in [2.05, 4.69) is 18.3 Å². The summed E-state index contributed by atoms with van der Waals surface area (Å²) < 4.78 is 5.09. The predicted molar refractivity (Wildman–Crippen MR) is 72.0 cm³/mol. The molecule has 0 bridgehead atoms. The first-order valence-corrected chi connectivity index (χ1v) is 7.30. The van der Waals surface area contributed by atoms with Crippen molar-refractivity contribution in [2.45, 2.75) is 36.5 Å². The summed E-state index contributed by atoms with van der Waals surface area (Å²) >= 11 is 1.95. The van der Waals surface area contributed by atoms with Crippen LogP contribution < -0.4 is 5.32 Å². The summed E-state index contributed by atoms with van der Waals surface area (Å²) in [7, 11) is 0. The lowest BCUT2D eigenvalue weighted by Gasteiger charge is -2.23. The SMILES string of the molecule is Cc1c(SC2CCNCC2)ccc2c1COC2=O. The van der Waals surface area contributed by atoms with Crippen molar-refractivity contribution in [1.82, 2.24) is 5.32 Å². The molecule has 0 amide bonds. The normalized spacial score (nSPS) is 19.7. The van der Waals surface area contributed by atoms with Crippen LogP contribution in [0.5, 0.6) is 0 Å². The van der Waals surface area contributed by atoms with E-state index in [-0.39, 0.29) is 5.97 Å². The number of thioether (sulfide) groups is 1. The molecule has 0 aliphatic carbocycles. The van der Waals surface area contributed by atoms with Crippen molar-refractivity contribution in [3.05, 3.63) is 28.8 Å². The van der Waals surface area contributed by atoms with Crippen LogP contribution in [0.1, 0.15) is 34.3 Å². The molecule has 2 aliphatic rings. The number of fused-ring (bicyclic) bond motifs is 1. The molecule has 0 radical (unpaired) electrons. The van der Waals surface area contributed by atoms with E-state index in [1.54, 1.807) is 0 Å². The molecular formula is C14H17NO2S. The standard InChI is InChI=1S/C14H17NO2S/c1-9-12-8-17-14(16)11(12)2-3-13(9)18-10-4-6-15-7-5-10/h2-3,10,15H,4-8H2,1H3. The number of esters is 1. The summed E-state index contributed by atoms with van der Waals surface area (Å²) in [5.41, 5.74) is 3.06. The number of rotatable bonds is 2. The van der Waals surface area contributed by atoms with Crippen LogP contribution in [0, 0.1) is 6.92 Å². The third-order valence-electron chi connectivity index (χ3n) is 3.70. The first-order valence-electron chi connectivity index (χ1n) is 6.42. The number of nitrogens with one attached hydrogen (secondary N) is 1. The molecule has 0 aromatic heterocycles. The van der Waals surface area contributed by atoms with Gasteiger partial charge >= 0.3 is 5.97 Å². The van der Waals surface area contributed by atoms with Gasteiger partial charge in [-0.3, -0.25) is 0 Å². The Morgan fingerprint density at radius 3 is 2.89 bits per heavy atom. The minimum absolute atomic E-state index is 0.175. The molecule has 4 heteroatoms. The number of hydrogen-bond acceptors (Lipinski definition) is 4. The molecule has 0 saturated carbocycles. The van der Waals surface area contributed by atoms with Gasteiger partial charge in [-0.25, -0.2) is 4.79 Å². The number of cyclic esters (lactones) is 1. The van der Waals surface area contributed by atoms with Crippen LogP contribution in [0.4, 0.5) is 0 Å². The minimum Gasteiger partial charge on any atom is -0.457 e. The van der Waals surface area contributed by atoms with Gasteiger partial charge in [0.15, 0.2) is 0 Å². The molecule has 3 rings (SSSR count). The van der Waals surface area contributed by atoms with Crippen LogP contribution in [0.2, 0.25) is 0 Å². The van der Waals surface area contributed by atoms with E-state index in [0.717, 1.165) is 24.2 Å². The van der Waals surface area contributed by atoms with Gasteiger partial charge in [0.2, 0.25) is 0 Å². The lowest BCUT2D eigenvalue weighted by Crippen LogP contribution is -2.29. The molecule has 1 aromatic rings. The van der Waals surface area contributed by atoms with E-state index in [1.807, 2.05) is 17.8 Å². The fourth-order valence-corrected chi connectivity index (χ4v) is 3.83. The maximum Gasteiger partial charge on any atom is 0.338 e. The number of carbonyl (C=O) groups is 1. The molecule has 2 heterocycles. The zero-order valence-corrected chi connectivity index (χ0v) is 11.3. The van der Waals surface area contributed by atoms with Crippen LogP contribution in [-0.2, 0) is 11.3 Å². The number of carbonyl (C=O) groups excluding carboxylic acids is 1. The lowest BCUT2D eigenvalue weighted by molar-refractivity contribution is 0.0535. The monoisotopic (exact) mass is 263 g/mol. The van der Waals surface area contributed by atoms with Gasteiger partial charge in [-0.2, -0.15) is 0 Å². The lowest BCUT2D eigenvalue weighted by atomic mass is 10.0. The van der Waals surface area contributed by atoms with E-state index in [9.17, 15) is 4.79 Å². The second kappa shape index (κ2) is 4.94. The molecule has 3 nitrogen and oxygen atoms in total. The van der Waals surface area contributed by atoms with E-state index < -0.39 is 0 Å². The first-order chi connectivity index (χ1) is 8.75. The van der Waals surface area contributed by atoms with Crippen molar-refractivity contribution >= 4 is 17.7 Å². The summed E-state index contributed by atoms with van der Waals surface area (Å²) in [5, 5.41) is 4.08. The van der Waals surface area contributed by atoms with Crippen molar-refractivity contribution in [2.24, 2.45) is 0 Å². The number of hydrogen-bond donors (Lipinski definition) is 1. The fourth-order valence-electron chi connectivity index (χ4n) is 2.55. The number of ether oxygens (including phenoxy) is 1. The van der Waals surface area contributed by atoms with E-state index in [0.29, 0.717) is 11.9 Å². The van der Waals surface area contributed by atoms with E-state index in [4.69, 9.17) is 4.74 Å². The van der Waals surface area contributed by atoms with Gasteiger partial charge < -0.3 is 10.1 Å². The summed E-state index contributed by atoms with van der Waals surface area (Å²) in [6.45, 7) is 4.78. The van der Waals surface area contributed by atoms with Crippen molar-refractivity contribution in [2.75, 3.05) is 13.1 Å². The predicted octanol–water partition coefficient (Wildman–Crippen LogP) is 2.51. The van der Waals surface area contributed by atoms with E-state index >= 15 is 0 Å². The summed E-state index contributed by atoms with van der Waals surface area (Å²) in [4.78, 5) is 12.8. The van der Waals surface area contributed by atoms with Crippen molar-refractivity contribution < 1.29 is 9.53 Å². The third-order valence-corrected chi connectivity index (χ3v) is 5.20. The maximum absolute atomic E-state index is 11.5. The Morgan fingerprint density at radius 1 is 1.33 bits per heavy atom. The Bertz CT molecular complexity index is 481. The molecule has 2 aliphatic heterocycles. The fraction of sp³-hybridized carbons (Fsp3) is 0.500. The zero-order chi connectivity index (χ0) is 12.5. The van der Waals surface area contributed by atoms with Crippen LogP contribution in [0.3, 0.4) is 0 Å². The van der Waals surface area contributed by atoms with Gasteiger partial charge in [0.25, 0.3) is 0 Å². The summed E-state index contributed by atoms with van der Waals surface area (Å²) in [5.74, 6) is -0.175. The van der Waals surface area contributed by atoms with Gasteiger partial charge in [0.1, 0.15) is 6.61 Å². The maximum atomic E-state index is 11.5. The van der Waals surface area contributed by atoms with Crippen molar-refractivity contribution in [3.8, 4) is 0 Å². The van der Waals surface area contributed by atoms with E-state index in [1.165, 1.54) is 23.3 Å². The van der Waals surface area contributed by atoms with Crippen LogP contribution in [0.25, 0.3) is 0 Å². The quantitative estimate of drug-likeness (QED) is 0.832. The van der Waals surface area contributed by atoms with Gasteiger partial charge in [0.05, 0.1) is 5.56 Å². The molecule has 1 fully saturated rings. The Kier molecular flexibility index (Phi) is 3.31. The Morgan fingerprint density at radius 2 is 2.11 bits per heavy atom.